The van der Waals surface area contributed by atoms with E-state index in [1.807, 2.05) is 24.3 Å². The molecule has 12 rings (SSSR count). The van der Waals surface area contributed by atoms with E-state index in [-0.39, 0.29) is 12.3 Å². The molecule has 3 aromatic heterocycles. The van der Waals surface area contributed by atoms with Crippen molar-refractivity contribution in [1.29, 1.82) is 0 Å². The first-order chi connectivity index (χ1) is 28.2. The fourth-order valence-corrected chi connectivity index (χ4v) is 8.88. The van der Waals surface area contributed by atoms with Crippen molar-refractivity contribution in [3.8, 4) is 16.8 Å². The highest BCUT2D eigenvalue weighted by Crippen LogP contribution is 2.42. The van der Waals surface area contributed by atoms with Crippen LogP contribution in [0.5, 0.6) is 0 Å². The number of aromatic nitrogens is 1. The number of para-hydroxylation sites is 3. The molecule has 1 aliphatic heterocycles. The van der Waals surface area contributed by atoms with Gasteiger partial charge in [0.15, 0.2) is 0 Å². The third kappa shape index (κ3) is 5.04. The summed E-state index contributed by atoms with van der Waals surface area (Å²) in [6.45, 7) is 0. The lowest BCUT2D eigenvalue weighted by atomic mass is 9.97. The molecule has 0 fully saturated rings. The normalized spacial score (nSPS) is 15.9. The Hall–Kier alpha value is -7.41. The first-order valence-corrected chi connectivity index (χ1v) is 19.4. The van der Waals surface area contributed by atoms with Crippen molar-refractivity contribution >= 4 is 71.5 Å². The van der Waals surface area contributed by atoms with E-state index in [0.717, 1.165) is 83.2 Å². The molecule has 6 nitrogen and oxygen atoms in total. The third-order valence-corrected chi connectivity index (χ3v) is 11.5. The molecule has 11 aromatic rings. The molecular weight excluding hydrogens is 701 g/mol. The van der Waals surface area contributed by atoms with Gasteiger partial charge in [0.25, 0.3) is 0 Å². The Kier molecular flexibility index (Phi) is 7.03. The van der Waals surface area contributed by atoms with Gasteiger partial charge in [-0.05, 0) is 65.2 Å². The van der Waals surface area contributed by atoms with Crippen LogP contribution in [-0.2, 0) is 0 Å². The predicted octanol–water partition coefficient (Wildman–Crippen LogP) is 12.6. The Morgan fingerprint density at radius 2 is 1.21 bits per heavy atom. The van der Waals surface area contributed by atoms with Gasteiger partial charge in [0.05, 0.1) is 11.0 Å². The van der Waals surface area contributed by atoms with E-state index >= 15 is 0 Å². The number of aliphatic imine (C=N–C) groups is 1. The molecule has 57 heavy (non-hydrogen) atoms. The number of nitrogens with one attached hydrogen (secondary N) is 2. The summed E-state index contributed by atoms with van der Waals surface area (Å²) in [4.78, 5) is 5.23. The summed E-state index contributed by atoms with van der Waals surface area (Å²) in [6, 6.07) is 63.7. The van der Waals surface area contributed by atoms with Crippen LogP contribution in [0.25, 0.3) is 82.5 Å². The maximum absolute atomic E-state index is 6.77. The van der Waals surface area contributed by atoms with E-state index in [4.69, 9.17) is 13.8 Å². The zero-order valence-corrected chi connectivity index (χ0v) is 30.7. The Morgan fingerprint density at radius 3 is 2.02 bits per heavy atom. The van der Waals surface area contributed by atoms with Crippen molar-refractivity contribution in [3.63, 3.8) is 0 Å². The topological polar surface area (TPSA) is 67.6 Å². The van der Waals surface area contributed by atoms with Crippen LogP contribution < -0.4 is 10.6 Å². The highest BCUT2D eigenvalue weighted by atomic mass is 16.3. The first-order valence-electron chi connectivity index (χ1n) is 19.4. The van der Waals surface area contributed by atoms with Gasteiger partial charge in [-0.1, -0.05) is 133 Å². The molecule has 0 spiro atoms. The van der Waals surface area contributed by atoms with Crippen LogP contribution in [0.15, 0.2) is 196 Å². The molecule has 8 aromatic carbocycles. The van der Waals surface area contributed by atoms with Gasteiger partial charge < -0.3 is 18.7 Å². The number of nitrogens with zero attached hydrogens (tertiary/aromatic N) is 2. The van der Waals surface area contributed by atoms with E-state index in [1.165, 1.54) is 21.8 Å². The van der Waals surface area contributed by atoms with E-state index in [9.17, 15) is 0 Å². The second kappa shape index (κ2) is 12.6. The van der Waals surface area contributed by atoms with Crippen LogP contribution in [0.4, 0.5) is 0 Å². The maximum atomic E-state index is 6.77. The largest absolute Gasteiger partial charge is 0.456 e. The quantitative estimate of drug-likeness (QED) is 0.185. The molecule has 0 saturated carbocycles. The van der Waals surface area contributed by atoms with Crippen molar-refractivity contribution in [3.05, 3.63) is 199 Å². The van der Waals surface area contributed by atoms with Gasteiger partial charge in [0.2, 0.25) is 0 Å². The van der Waals surface area contributed by atoms with E-state index in [0.29, 0.717) is 0 Å². The number of hydrogen-bond donors (Lipinski definition) is 2. The summed E-state index contributed by atoms with van der Waals surface area (Å²) in [7, 11) is 0. The molecule has 0 saturated heterocycles. The Bertz CT molecular complexity index is 3320. The molecule has 4 heterocycles. The highest BCUT2D eigenvalue weighted by Gasteiger charge is 2.28. The van der Waals surface area contributed by atoms with Crippen LogP contribution in [-0.4, -0.2) is 10.4 Å². The van der Waals surface area contributed by atoms with Crippen molar-refractivity contribution < 1.29 is 8.83 Å². The second-order valence-electron chi connectivity index (χ2n) is 14.8. The number of fused-ring (bicyclic) bond motifs is 9. The molecule has 2 atom stereocenters. The predicted molar refractivity (Wildman–Crippen MR) is 232 cm³/mol. The van der Waals surface area contributed by atoms with Gasteiger partial charge >= 0.3 is 0 Å². The van der Waals surface area contributed by atoms with Gasteiger partial charge in [-0.3, -0.25) is 5.32 Å². The number of furan rings is 2. The zero-order valence-electron chi connectivity index (χ0n) is 30.7. The average molecular weight is 735 g/mol. The molecule has 0 amide bonds. The minimum Gasteiger partial charge on any atom is -0.456 e. The standard InChI is InChI=1S/C51H34N4O2/c1-3-13-31(14-4-1)49-52-50(32-15-5-2-6-16-32)54-51(53-49)40-21-11-20-39-47-35(19-12-24-45(47)57-48(39)40)33-25-27-38-41-30-34(26-28-44(41)56-46(38)29-33)55-42-22-9-7-17-36(42)37-18-8-10-23-43(37)55/h1-30,49,51,53H,(H,52,54). The molecule has 6 heteroatoms. The number of hydrogen-bond acceptors (Lipinski definition) is 5. The summed E-state index contributed by atoms with van der Waals surface area (Å²) in [6.07, 6.45) is -0.494. The summed E-state index contributed by atoms with van der Waals surface area (Å²) in [5.41, 5.74) is 12.2. The van der Waals surface area contributed by atoms with Crippen LogP contribution in [0.3, 0.4) is 0 Å². The van der Waals surface area contributed by atoms with Crippen LogP contribution >= 0.6 is 0 Å². The minimum atomic E-state index is -0.348. The number of amidine groups is 1. The average Bonchev–Trinajstić information content (AvgIpc) is 3.96. The summed E-state index contributed by atoms with van der Waals surface area (Å²) in [5.74, 6) is 0.836. The molecule has 1 aliphatic rings. The van der Waals surface area contributed by atoms with Crippen molar-refractivity contribution in [2.75, 3.05) is 0 Å². The van der Waals surface area contributed by atoms with E-state index in [1.54, 1.807) is 0 Å². The summed E-state index contributed by atoms with van der Waals surface area (Å²) in [5, 5.41) is 14.2. The zero-order chi connectivity index (χ0) is 37.5. The summed E-state index contributed by atoms with van der Waals surface area (Å²) >= 11 is 0. The van der Waals surface area contributed by atoms with Gasteiger partial charge in [-0.2, -0.15) is 0 Å². The molecule has 0 radical (unpaired) electrons. The monoisotopic (exact) mass is 734 g/mol. The maximum Gasteiger partial charge on any atom is 0.142 e. The van der Waals surface area contributed by atoms with Crippen LogP contribution in [0.1, 0.15) is 29.0 Å². The van der Waals surface area contributed by atoms with Crippen molar-refractivity contribution in [2.24, 2.45) is 4.99 Å². The lowest BCUT2D eigenvalue weighted by Crippen LogP contribution is -2.44. The van der Waals surface area contributed by atoms with Gasteiger partial charge in [0, 0.05) is 49.1 Å². The lowest BCUT2D eigenvalue weighted by Gasteiger charge is -2.32. The minimum absolute atomic E-state index is 0.146. The van der Waals surface area contributed by atoms with Crippen molar-refractivity contribution in [2.45, 2.75) is 12.3 Å². The fraction of sp³-hybridized carbons (Fsp3) is 0.0392. The van der Waals surface area contributed by atoms with Gasteiger partial charge in [-0.25, -0.2) is 4.99 Å². The number of rotatable bonds is 5. The van der Waals surface area contributed by atoms with Crippen LogP contribution in [0, 0.1) is 0 Å². The highest BCUT2D eigenvalue weighted by molar-refractivity contribution is 6.15. The van der Waals surface area contributed by atoms with Gasteiger partial charge in [0.1, 0.15) is 40.5 Å². The van der Waals surface area contributed by atoms with E-state index in [2.05, 4.69) is 173 Å². The third-order valence-electron chi connectivity index (χ3n) is 11.5. The second-order valence-corrected chi connectivity index (χ2v) is 14.8. The van der Waals surface area contributed by atoms with E-state index < -0.39 is 0 Å². The van der Waals surface area contributed by atoms with Crippen molar-refractivity contribution in [1.82, 2.24) is 15.2 Å². The molecule has 2 N–H and O–H groups in total. The Balaban J connectivity index is 0.969. The summed E-state index contributed by atoms with van der Waals surface area (Å²) < 4.78 is 15.7. The number of benzene rings is 8. The SMILES string of the molecule is c1ccc(C2=NC(c3cccc4c3oc3cccc(-c5ccc6c(c5)oc5ccc(-n7c8ccccc8c8ccccc87)cc56)c34)NC(c3ccccc3)N2)cc1. The first kappa shape index (κ1) is 31.9. The molecule has 0 bridgehead atoms. The molecular formula is C51H34N4O2. The Morgan fingerprint density at radius 1 is 0.491 bits per heavy atom. The fourth-order valence-electron chi connectivity index (χ4n) is 8.88. The molecule has 0 aliphatic carbocycles. The Labute approximate surface area is 327 Å². The van der Waals surface area contributed by atoms with Crippen LogP contribution in [0.2, 0.25) is 0 Å². The molecule has 2 unspecified atom stereocenters. The lowest BCUT2D eigenvalue weighted by molar-refractivity contribution is 0.408. The molecule has 270 valence electrons. The van der Waals surface area contributed by atoms with Gasteiger partial charge in [-0.15, -0.1) is 0 Å². The smallest absolute Gasteiger partial charge is 0.142 e.